The van der Waals surface area contributed by atoms with Crippen molar-refractivity contribution in [3.8, 4) is 0 Å². The van der Waals surface area contributed by atoms with Crippen LogP contribution in [0.3, 0.4) is 0 Å². The summed E-state index contributed by atoms with van der Waals surface area (Å²) < 4.78 is 0. The van der Waals surface area contributed by atoms with E-state index in [2.05, 4.69) is 16.0 Å². The molecule has 2 amide bonds. The molecule has 6 heteroatoms. The van der Waals surface area contributed by atoms with Gasteiger partial charge in [0.25, 0.3) is 5.91 Å². The number of nitrogens with one attached hydrogen (secondary N) is 3. The second-order valence-electron chi connectivity index (χ2n) is 5.03. The van der Waals surface area contributed by atoms with E-state index in [0.717, 1.165) is 11.3 Å². The summed E-state index contributed by atoms with van der Waals surface area (Å²) in [5.41, 5.74) is 2.81. The van der Waals surface area contributed by atoms with Crippen molar-refractivity contribution in [2.75, 3.05) is 24.2 Å². The molecule has 120 valence electrons. The van der Waals surface area contributed by atoms with E-state index in [-0.39, 0.29) is 18.4 Å². The number of hydrogen-bond donors (Lipinski definition) is 3. The number of rotatable bonds is 5. The quantitative estimate of drug-likeness (QED) is 0.788. The minimum atomic E-state index is -0.212. The predicted molar refractivity (Wildman–Crippen MR) is 93.1 cm³/mol. The number of carbonyl (C=O) groups is 2. The Morgan fingerprint density at radius 2 is 1.87 bits per heavy atom. The SMILES string of the molecule is CNC(=O)c1cccc(NC(=O)CNc2ccc(C)c(Cl)c2)c1. The van der Waals surface area contributed by atoms with Crippen molar-refractivity contribution in [3.63, 3.8) is 0 Å². The van der Waals surface area contributed by atoms with Gasteiger partial charge in [0.2, 0.25) is 5.91 Å². The minimum absolute atomic E-state index is 0.101. The van der Waals surface area contributed by atoms with Crippen LogP contribution in [0.4, 0.5) is 11.4 Å². The molecule has 0 radical (unpaired) electrons. The van der Waals surface area contributed by atoms with Gasteiger partial charge in [0.05, 0.1) is 6.54 Å². The lowest BCUT2D eigenvalue weighted by Gasteiger charge is -2.09. The van der Waals surface area contributed by atoms with Crippen LogP contribution in [0.5, 0.6) is 0 Å². The first-order valence-corrected chi connectivity index (χ1v) is 7.49. The maximum absolute atomic E-state index is 12.0. The van der Waals surface area contributed by atoms with E-state index in [4.69, 9.17) is 11.6 Å². The van der Waals surface area contributed by atoms with Gasteiger partial charge in [-0.25, -0.2) is 0 Å². The molecule has 0 aliphatic carbocycles. The molecule has 0 spiro atoms. The zero-order chi connectivity index (χ0) is 16.8. The summed E-state index contributed by atoms with van der Waals surface area (Å²) in [5, 5.41) is 8.94. The Hall–Kier alpha value is -2.53. The average molecular weight is 332 g/mol. The first-order chi connectivity index (χ1) is 11.0. The molecule has 0 saturated carbocycles. The van der Waals surface area contributed by atoms with Crippen molar-refractivity contribution >= 4 is 34.8 Å². The largest absolute Gasteiger partial charge is 0.376 e. The average Bonchev–Trinajstić information content (AvgIpc) is 2.55. The molecule has 0 aliphatic rings. The summed E-state index contributed by atoms with van der Waals surface area (Å²) in [5.74, 6) is -0.413. The van der Waals surface area contributed by atoms with Gasteiger partial charge in [0.15, 0.2) is 0 Å². The van der Waals surface area contributed by atoms with E-state index in [1.54, 1.807) is 37.4 Å². The second-order valence-corrected chi connectivity index (χ2v) is 5.43. The Balaban J connectivity index is 1.94. The normalized spacial score (nSPS) is 10.0. The number of amides is 2. The highest BCUT2D eigenvalue weighted by Crippen LogP contribution is 2.19. The summed E-state index contributed by atoms with van der Waals surface area (Å²) in [6, 6.07) is 12.3. The fraction of sp³-hybridized carbons (Fsp3) is 0.176. The highest BCUT2D eigenvalue weighted by atomic mass is 35.5. The van der Waals surface area contributed by atoms with Crippen molar-refractivity contribution in [3.05, 3.63) is 58.6 Å². The molecule has 0 aromatic heterocycles. The van der Waals surface area contributed by atoms with E-state index < -0.39 is 0 Å². The van der Waals surface area contributed by atoms with Crippen LogP contribution in [0.2, 0.25) is 5.02 Å². The molecule has 3 N–H and O–H groups in total. The maximum atomic E-state index is 12.0. The van der Waals surface area contributed by atoms with E-state index in [9.17, 15) is 9.59 Å². The number of aryl methyl sites for hydroxylation is 1. The first-order valence-electron chi connectivity index (χ1n) is 7.11. The summed E-state index contributed by atoms with van der Waals surface area (Å²) in [6.07, 6.45) is 0. The van der Waals surface area contributed by atoms with Crippen LogP contribution < -0.4 is 16.0 Å². The molecule has 5 nitrogen and oxygen atoms in total. The number of halogens is 1. The highest BCUT2D eigenvalue weighted by molar-refractivity contribution is 6.31. The summed E-state index contributed by atoms with van der Waals surface area (Å²) in [7, 11) is 1.56. The predicted octanol–water partition coefficient (Wildman–Crippen LogP) is 3.06. The Bertz CT molecular complexity index is 732. The number of carbonyl (C=O) groups excluding carboxylic acids is 2. The van der Waals surface area contributed by atoms with Gasteiger partial charge in [-0.15, -0.1) is 0 Å². The minimum Gasteiger partial charge on any atom is -0.376 e. The lowest BCUT2D eigenvalue weighted by atomic mass is 10.2. The van der Waals surface area contributed by atoms with Gasteiger partial charge in [0.1, 0.15) is 0 Å². The van der Waals surface area contributed by atoms with Crippen molar-refractivity contribution in [2.45, 2.75) is 6.92 Å². The van der Waals surface area contributed by atoms with Crippen LogP contribution in [-0.4, -0.2) is 25.4 Å². The molecule has 0 unspecified atom stereocenters. The van der Waals surface area contributed by atoms with Crippen molar-refractivity contribution < 1.29 is 9.59 Å². The third kappa shape index (κ3) is 4.72. The summed E-state index contributed by atoms with van der Waals surface area (Å²) in [6.45, 7) is 2.02. The van der Waals surface area contributed by atoms with Crippen LogP contribution in [0, 0.1) is 6.92 Å². The number of anilines is 2. The molecule has 2 aromatic rings. The first kappa shape index (κ1) is 16.8. The smallest absolute Gasteiger partial charge is 0.251 e. The molecular weight excluding hydrogens is 314 g/mol. The van der Waals surface area contributed by atoms with Crippen LogP contribution in [0.1, 0.15) is 15.9 Å². The van der Waals surface area contributed by atoms with E-state index in [1.165, 1.54) is 0 Å². The van der Waals surface area contributed by atoms with Crippen molar-refractivity contribution in [1.29, 1.82) is 0 Å². The van der Waals surface area contributed by atoms with E-state index >= 15 is 0 Å². The van der Waals surface area contributed by atoms with Crippen molar-refractivity contribution in [1.82, 2.24) is 5.32 Å². The maximum Gasteiger partial charge on any atom is 0.251 e. The number of hydrogen-bond acceptors (Lipinski definition) is 3. The van der Waals surface area contributed by atoms with Crippen LogP contribution in [0.25, 0.3) is 0 Å². The van der Waals surface area contributed by atoms with Crippen LogP contribution >= 0.6 is 11.6 Å². The molecule has 0 bridgehead atoms. The monoisotopic (exact) mass is 331 g/mol. The Morgan fingerprint density at radius 3 is 2.57 bits per heavy atom. The van der Waals surface area contributed by atoms with Gasteiger partial charge >= 0.3 is 0 Å². The Morgan fingerprint density at radius 1 is 1.09 bits per heavy atom. The molecule has 2 aromatic carbocycles. The van der Waals surface area contributed by atoms with Gasteiger partial charge in [-0.2, -0.15) is 0 Å². The zero-order valence-electron chi connectivity index (χ0n) is 12.9. The highest BCUT2D eigenvalue weighted by Gasteiger charge is 2.07. The summed E-state index contributed by atoms with van der Waals surface area (Å²) >= 11 is 6.04. The van der Waals surface area contributed by atoms with Crippen LogP contribution in [0.15, 0.2) is 42.5 Å². The molecule has 0 heterocycles. The molecule has 2 rings (SSSR count). The Labute approximate surface area is 140 Å². The molecule has 0 aliphatic heterocycles. The standard InChI is InChI=1S/C17H18ClN3O2/c1-11-6-7-13(9-15(11)18)20-10-16(22)21-14-5-3-4-12(8-14)17(23)19-2/h3-9,20H,10H2,1-2H3,(H,19,23)(H,21,22). The number of benzene rings is 2. The van der Waals surface area contributed by atoms with Crippen LogP contribution in [-0.2, 0) is 4.79 Å². The molecule has 0 fully saturated rings. The second kappa shape index (κ2) is 7.65. The molecule has 23 heavy (non-hydrogen) atoms. The van der Waals surface area contributed by atoms with E-state index in [1.807, 2.05) is 19.1 Å². The van der Waals surface area contributed by atoms with E-state index in [0.29, 0.717) is 16.3 Å². The Kier molecular flexibility index (Phi) is 5.60. The van der Waals surface area contributed by atoms with Gasteiger partial charge < -0.3 is 16.0 Å². The molecular formula is C17H18ClN3O2. The van der Waals surface area contributed by atoms with Gasteiger partial charge in [-0.05, 0) is 42.8 Å². The molecule has 0 saturated heterocycles. The fourth-order valence-electron chi connectivity index (χ4n) is 1.97. The van der Waals surface area contributed by atoms with Crippen molar-refractivity contribution in [2.24, 2.45) is 0 Å². The topological polar surface area (TPSA) is 70.2 Å². The van der Waals surface area contributed by atoms with Gasteiger partial charge in [-0.3, -0.25) is 9.59 Å². The third-order valence-electron chi connectivity index (χ3n) is 3.26. The summed E-state index contributed by atoms with van der Waals surface area (Å²) in [4.78, 5) is 23.6. The molecule has 0 atom stereocenters. The lowest BCUT2D eigenvalue weighted by Crippen LogP contribution is -2.22. The fourth-order valence-corrected chi connectivity index (χ4v) is 2.15. The third-order valence-corrected chi connectivity index (χ3v) is 3.67. The lowest BCUT2D eigenvalue weighted by molar-refractivity contribution is -0.114. The zero-order valence-corrected chi connectivity index (χ0v) is 13.7. The van der Waals surface area contributed by atoms with Gasteiger partial charge in [0, 0.05) is 29.0 Å². The van der Waals surface area contributed by atoms with Gasteiger partial charge in [-0.1, -0.05) is 23.7 Å².